The molecule has 0 aliphatic rings. The largest absolute Gasteiger partial charge is 0.493 e. The van der Waals surface area contributed by atoms with Gasteiger partial charge in [0.1, 0.15) is 0 Å². The topological polar surface area (TPSA) is 82.5 Å². The van der Waals surface area contributed by atoms with Crippen LogP contribution in [-0.4, -0.2) is 32.4 Å². The second-order valence-electron chi connectivity index (χ2n) is 5.77. The zero-order valence-corrected chi connectivity index (χ0v) is 18.2. The summed E-state index contributed by atoms with van der Waals surface area (Å²) < 4.78 is 40.4. The number of hydrogen-bond acceptors (Lipinski definition) is 5. The number of benzene rings is 2. The number of ether oxygens (including phenoxy) is 2. The number of anilines is 1. The number of rotatable bonds is 7. The van der Waals surface area contributed by atoms with E-state index in [0.29, 0.717) is 27.5 Å². The zero-order valence-electron chi connectivity index (χ0n) is 15.0. The highest BCUT2D eigenvalue weighted by molar-refractivity contribution is 9.10. The van der Waals surface area contributed by atoms with Crippen LogP contribution in [0.4, 0.5) is 5.82 Å². The molecule has 0 unspecified atom stereocenters. The Hall–Kier alpha value is -2.23. The van der Waals surface area contributed by atoms with Crippen LogP contribution in [0.5, 0.6) is 11.5 Å². The van der Waals surface area contributed by atoms with Gasteiger partial charge in [-0.2, -0.15) is 5.10 Å². The predicted molar refractivity (Wildman–Crippen MR) is 111 cm³/mol. The fourth-order valence-electron chi connectivity index (χ4n) is 2.49. The Morgan fingerprint density at radius 2 is 1.79 bits per heavy atom. The molecule has 0 bridgehead atoms. The quantitative estimate of drug-likeness (QED) is 0.542. The van der Waals surface area contributed by atoms with Crippen molar-refractivity contribution in [3.8, 4) is 11.5 Å². The SMILES string of the molecule is COc1ccc(S(=O)(=O)Nc2nn(Cc3ccc(Cl)cc3)cc2Br)cc1OC. The molecular weight excluding hydrogens is 470 g/mol. The van der Waals surface area contributed by atoms with Crippen LogP contribution in [-0.2, 0) is 16.6 Å². The summed E-state index contributed by atoms with van der Waals surface area (Å²) in [6.45, 7) is 0.466. The van der Waals surface area contributed by atoms with Crippen molar-refractivity contribution >= 4 is 43.4 Å². The number of nitrogens with one attached hydrogen (secondary N) is 1. The van der Waals surface area contributed by atoms with Crippen molar-refractivity contribution in [3.05, 3.63) is 63.7 Å². The van der Waals surface area contributed by atoms with E-state index in [-0.39, 0.29) is 10.7 Å². The molecule has 0 fully saturated rings. The Kier molecular flexibility index (Phi) is 6.17. The summed E-state index contributed by atoms with van der Waals surface area (Å²) >= 11 is 9.23. The third-order valence-corrected chi connectivity index (χ3v) is 6.04. The van der Waals surface area contributed by atoms with E-state index in [1.54, 1.807) is 23.0 Å². The molecule has 0 saturated heterocycles. The monoisotopic (exact) mass is 485 g/mol. The number of sulfonamides is 1. The first kappa shape index (κ1) is 20.5. The molecule has 1 heterocycles. The molecular formula is C18H17BrClN3O4S. The Balaban J connectivity index is 1.82. The molecule has 7 nitrogen and oxygen atoms in total. The molecule has 2 aromatic carbocycles. The number of halogens is 2. The van der Waals surface area contributed by atoms with Crippen LogP contribution in [0.25, 0.3) is 0 Å². The smallest absolute Gasteiger partial charge is 0.263 e. The molecule has 0 aliphatic carbocycles. The van der Waals surface area contributed by atoms with E-state index < -0.39 is 10.0 Å². The van der Waals surface area contributed by atoms with Crippen molar-refractivity contribution in [1.82, 2.24) is 9.78 Å². The third-order valence-electron chi connectivity index (χ3n) is 3.87. The minimum atomic E-state index is -3.87. The van der Waals surface area contributed by atoms with Crippen molar-refractivity contribution in [3.63, 3.8) is 0 Å². The van der Waals surface area contributed by atoms with E-state index in [1.165, 1.54) is 32.4 Å². The molecule has 28 heavy (non-hydrogen) atoms. The lowest BCUT2D eigenvalue weighted by Gasteiger charge is -2.10. The maximum atomic E-state index is 12.7. The summed E-state index contributed by atoms with van der Waals surface area (Å²) in [7, 11) is -0.945. The maximum Gasteiger partial charge on any atom is 0.263 e. The molecule has 0 saturated carbocycles. The van der Waals surface area contributed by atoms with E-state index in [2.05, 4.69) is 25.8 Å². The number of methoxy groups -OCH3 is 2. The average Bonchev–Trinajstić information content (AvgIpc) is 3.01. The molecule has 0 amide bonds. The van der Waals surface area contributed by atoms with Crippen molar-refractivity contribution in [2.45, 2.75) is 11.4 Å². The minimum absolute atomic E-state index is 0.0318. The minimum Gasteiger partial charge on any atom is -0.493 e. The van der Waals surface area contributed by atoms with Gasteiger partial charge in [0.05, 0.1) is 30.1 Å². The first-order valence-electron chi connectivity index (χ1n) is 8.04. The molecule has 3 rings (SSSR count). The number of hydrogen-bond donors (Lipinski definition) is 1. The first-order chi connectivity index (χ1) is 13.3. The van der Waals surface area contributed by atoms with Crippen LogP contribution in [0.1, 0.15) is 5.56 Å². The van der Waals surface area contributed by atoms with Crippen molar-refractivity contribution in [2.75, 3.05) is 18.9 Å². The number of nitrogens with zero attached hydrogens (tertiary/aromatic N) is 2. The predicted octanol–water partition coefficient (Wildman–Crippen LogP) is 4.17. The highest BCUT2D eigenvalue weighted by Gasteiger charge is 2.20. The van der Waals surface area contributed by atoms with Gasteiger partial charge in [0.2, 0.25) is 0 Å². The zero-order chi connectivity index (χ0) is 20.3. The van der Waals surface area contributed by atoms with Crippen LogP contribution in [0, 0.1) is 0 Å². The normalized spacial score (nSPS) is 11.3. The highest BCUT2D eigenvalue weighted by Crippen LogP contribution is 2.31. The van der Waals surface area contributed by atoms with Crippen molar-refractivity contribution < 1.29 is 17.9 Å². The molecule has 0 radical (unpaired) electrons. The van der Waals surface area contributed by atoms with Gasteiger partial charge in [-0.15, -0.1) is 0 Å². The maximum absolute atomic E-state index is 12.7. The van der Waals surface area contributed by atoms with E-state index in [4.69, 9.17) is 21.1 Å². The molecule has 10 heteroatoms. The molecule has 0 spiro atoms. The van der Waals surface area contributed by atoms with Crippen LogP contribution >= 0.6 is 27.5 Å². The molecule has 3 aromatic rings. The average molecular weight is 487 g/mol. The summed E-state index contributed by atoms with van der Waals surface area (Å²) in [6.07, 6.45) is 1.70. The van der Waals surface area contributed by atoms with Crippen molar-refractivity contribution in [2.24, 2.45) is 0 Å². The van der Waals surface area contributed by atoms with E-state index in [1.807, 2.05) is 12.1 Å². The van der Waals surface area contributed by atoms with Gasteiger partial charge >= 0.3 is 0 Å². The van der Waals surface area contributed by atoms with Gasteiger partial charge in [0.15, 0.2) is 17.3 Å². The lowest BCUT2D eigenvalue weighted by Crippen LogP contribution is -2.14. The Bertz CT molecular complexity index is 1080. The summed E-state index contributed by atoms with van der Waals surface area (Å²) in [5.74, 6) is 0.941. The second kappa shape index (κ2) is 8.42. The number of aromatic nitrogens is 2. The van der Waals surface area contributed by atoms with E-state index >= 15 is 0 Å². The second-order valence-corrected chi connectivity index (χ2v) is 8.75. The fraction of sp³-hybridized carbons (Fsp3) is 0.167. The fourth-order valence-corrected chi connectivity index (χ4v) is 4.20. The van der Waals surface area contributed by atoms with Gasteiger partial charge in [0, 0.05) is 17.3 Å². The molecule has 1 aromatic heterocycles. The molecule has 1 N–H and O–H groups in total. The van der Waals surface area contributed by atoms with Crippen LogP contribution in [0.15, 0.2) is 58.0 Å². The van der Waals surface area contributed by atoms with Gasteiger partial charge in [0.25, 0.3) is 10.0 Å². The van der Waals surface area contributed by atoms with Gasteiger partial charge < -0.3 is 9.47 Å². The van der Waals surface area contributed by atoms with E-state index in [0.717, 1.165) is 5.56 Å². The Morgan fingerprint density at radius 3 is 2.43 bits per heavy atom. The summed E-state index contributed by atoms with van der Waals surface area (Å²) in [5.41, 5.74) is 0.980. The van der Waals surface area contributed by atoms with Crippen LogP contribution in [0.2, 0.25) is 5.02 Å². The van der Waals surface area contributed by atoms with Crippen LogP contribution < -0.4 is 14.2 Å². The van der Waals surface area contributed by atoms with Gasteiger partial charge in [-0.25, -0.2) is 8.42 Å². The molecule has 148 valence electrons. The lowest BCUT2D eigenvalue weighted by molar-refractivity contribution is 0.354. The lowest BCUT2D eigenvalue weighted by atomic mass is 10.2. The van der Waals surface area contributed by atoms with Gasteiger partial charge in [-0.1, -0.05) is 23.7 Å². The van der Waals surface area contributed by atoms with Gasteiger partial charge in [-0.3, -0.25) is 9.40 Å². The summed E-state index contributed by atoms with van der Waals surface area (Å²) in [4.78, 5) is 0.0318. The first-order valence-corrected chi connectivity index (χ1v) is 10.7. The Labute approximate surface area is 176 Å². The summed E-state index contributed by atoms with van der Waals surface area (Å²) in [5, 5.41) is 4.95. The van der Waals surface area contributed by atoms with Crippen LogP contribution in [0.3, 0.4) is 0 Å². The Morgan fingerprint density at radius 1 is 1.11 bits per heavy atom. The van der Waals surface area contributed by atoms with Crippen molar-refractivity contribution in [1.29, 1.82) is 0 Å². The molecule has 0 aliphatic heterocycles. The highest BCUT2D eigenvalue weighted by atomic mass is 79.9. The van der Waals surface area contributed by atoms with E-state index in [9.17, 15) is 8.42 Å². The standard InChI is InChI=1S/C18H17BrClN3O4S/c1-26-16-8-7-14(9-17(16)27-2)28(24,25)22-18-15(19)11-23(21-18)10-12-3-5-13(20)6-4-12/h3-9,11H,10H2,1-2H3,(H,21,22). The third kappa shape index (κ3) is 4.60. The summed E-state index contributed by atoms with van der Waals surface area (Å²) in [6, 6.07) is 11.7. The van der Waals surface area contributed by atoms with Gasteiger partial charge in [-0.05, 0) is 45.8 Å². The molecule has 0 atom stereocenters.